The minimum atomic E-state index is 0.172. The molecule has 1 aromatic rings. The van der Waals surface area contributed by atoms with Crippen molar-refractivity contribution >= 4 is 16.9 Å². The van der Waals surface area contributed by atoms with Crippen molar-refractivity contribution in [1.82, 2.24) is 0 Å². The van der Waals surface area contributed by atoms with Crippen LogP contribution < -0.4 is 10.5 Å². The van der Waals surface area contributed by atoms with E-state index in [1.807, 2.05) is 31.2 Å². The zero-order chi connectivity index (χ0) is 11.1. The molecule has 0 bridgehead atoms. The van der Waals surface area contributed by atoms with Crippen LogP contribution in [0.3, 0.4) is 0 Å². The van der Waals surface area contributed by atoms with Gasteiger partial charge in [0, 0.05) is 5.75 Å². The molecular formula is C11H16N2OS. The van der Waals surface area contributed by atoms with E-state index in [-0.39, 0.29) is 5.17 Å². The highest BCUT2D eigenvalue weighted by molar-refractivity contribution is 8.13. The highest BCUT2D eigenvalue weighted by Gasteiger charge is 1.97. The topological polar surface area (TPSA) is 59.1 Å². The molecule has 3 nitrogen and oxygen atoms in total. The molecule has 1 rings (SSSR count). The van der Waals surface area contributed by atoms with E-state index < -0.39 is 0 Å². The van der Waals surface area contributed by atoms with Crippen LogP contribution in [0.4, 0.5) is 0 Å². The van der Waals surface area contributed by atoms with Crippen LogP contribution in [0.5, 0.6) is 5.75 Å². The molecule has 0 fully saturated rings. The number of thioether (sulfide) groups is 1. The predicted molar refractivity (Wildman–Crippen MR) is 65.7 cm³/mol. The van der Waals surface area contributed by atoms with Gasteiger partial charge in [0.05, 0.1) is 6.61 Å². The Hall–Kier alpha value is -1.16. The molecule has 3 N–H and O–H groups in total. The van der Waals surface area contributed by atoms with Crippen LogP contribution in [0.1, 0.15) is 12.0 Å². The van der Waals surface area contributed by atoms with Crippen LogP contribution in [0.25, 0.3) is 0 Å². The third kappa shape index (κ3) is 4.74. The van der Waals surface area contributed by atoms with Gasteiger partial charge >= 0.3 is 0 Å². The summed E-state index contributed by atoms with van der Waals surface area (Å²) in [7, 11) is 0. The number of para-hydroxylation sites is 1. The average Bonchev–Trinajstić information content (AvgIpc) is 2.20. The molecular weight excluding hydrogens is 208 g/mol. The van der Waals surface area contributed by atoms with Crippen LogP contribution in [-0.4, -0.2) is 17.5 Å². The van der Waals surface area contributed by atoms with E-state index >= 15 is 0 Å². The largest absolute Gasteiger partial charge is 0.493 e. The minimum absolute atomic E-state index is 0.172. The third-order valence-electron chi connectivity index (χ3n) is 1.90. The molecule has 1 aromatic carbocycles. The monoisotopic (exact) mass is 224 g/mol. The summed E-state index contributed by atoms with van der Waals surface area (Å²) in [5, 5.41) is 7.20. The second-order valence-electron chi connectivity index (χ2n) is 3.18. The Morgan fingerprint density at radius 1 is 1.47 bits per heavy atom. The summed E-state index contributed by atoms with van der Waals surface area (Å²) >= 11 is 1.35. The number of nitrogens with one attached hydrogen (secondary N) is 1. The van der Waals surface area contributed by atoms with Crippen molar-refractivity contribution in [3.63, 3.8) is 0 Å². The number of aryl methyl sites for hydroxylation is 1. The van der Waals surface area contributed by atoms with Gasteiger partial charge in [-0.25, -0.2) is 0 Å². The molecule has 0 aliphatic heterocycles. The first-order valence-electron chi connectivity index (χ1n) is 4.85. The fraction of sp³-hybridized carbons (Fsp3) is 0.364. The summed E-state index contributed by atoms with van der Waals surface area (Å²) < 4.78 is 5.59. The predicted octanol–water partition coefficient (Wildman–Crippen LogP) is 2.39. The van der Waals surface area contributed by atoms with Crippen molar-refractivity contribution in [3.8, 4) is 5.75 Å². The van der Waals surface area contributed by atoms with E-state index in [1.54, 1.807) is 0 Å². The third-order valence-corrected chi connectivity index (χ3v) is 2.70. The molecule has 15 heavy (non-hydrogen) atoms. The maximum absolute atomic E-state index is 7.03. The van der Waals surface area contributed by atoms with Gasteiger partial charge in [-0.1, -0.05) is 30.0 Å². The van der Waals surface area contributed by atoms with Crippen molar-refractivity contribution in [2.24, 2.45) is 5.73 Å². The smallest absolute Gasteiger partial charge is 0.151 e. The molecule has 0 saturated heterocycles. The van der Waals surface area contributed by atoms with E-state index in [4.69, 9.17) is 15.9 Å². The fourth-order valence-corrected chi connectivity index (χ4v) is 1.62. The lowest BCUT2D eigenvalue weighted by Crippen LogP contribution is -2.06. The summed E-state index contributed by atoms with van der Waals surface area (Å²) in [6.07, 6.45) is 0.901. The number of nitrogens with two attached hydrogens (primary N) is 1. The molecule has 0 heterocycles. The van der Waals surface area contributed by atoms with E-state index in [0.717, 1.165) is 23.5 Å². The molecule has 4 heteroatoms. The Labute approximate surface area is 94.5 Å². The Balaban J connectivity index is 2.21. The molecule has 0 atom stereocenters. The Kier molecular flexibility index (Phi) is 5.04. The van der Waals surface area contributed by atoms with Gasteiger partial charge in [0.2, 0.25) is 0 Å². The Morgan fingerprint density at radius 2 is 2.20 bits per heavy atom. The van der Waals surface area contributed by atoms with Crippen molar-refractivity contribution in [2.45, 2.75) is 13.3 Å². The first-order valence-corrected chi connectivity index (χ1v) is 5.84. The second kappa shape index (κ2) is 6.35. The van der Waals surface area contributed by atoms with Crippen molar-refractivity contribution in [2.75, 3.05) is 12.4 Å². The first kappa shape index (κ1) is 11.9. The maximum Gasteiger partial charge on any atom is 0.151 e. The molecule has 0 radical (unpaired) electrons. The number of benzene rings is 1. The van der Waals surface area contributed by atoms with Crippen LogP contribution >= 0.6 is 11.8 Å². The Bertz CT molecular complexity index is 328. The Morgan fingerprint density at radius 3 is 2.87 bits per heavy atom. The van der Waals surface area contributed by atoms with E-state index in [9.17, 15) is 0 Å². The standard InChI is InChI=1S/C11H16N2OS/c1-9-5-2-3-6-10(9)14-7-4-8-15-11(12)13/h2-3,5-6H,4,7-8H2,1H3,(H3,12,13). The SMILES string of the molecule is Cc1ccccc1OCCCSC(=N)N. The number of hydrogen-bond donors (Lipinski definition) is 2. The molecule has 82 valence electrons. The number of amidine groups is 1. The summed E-state index contributed by atoms with van der Waals surface area (Å²) in [6, 6.07) is 7.95. The highest BCUT2D eigenvalue weighted by Crippen LogP contribution is 2.16. The van der Waals surface area contributed by atoms with Crippen LogP contribution in [0.15, 0.2) is 24.3 Å². The first-order chi connectivity index (χ1) is 7.20. The van der Waals surface area contributed by atoms with Gasteiger partial charge in [0.15, 0.2) is 5.17 Å². The van der Waals surface area contributed by atoms with Crippen molar-refractivity contribution in [1.29, 1.82) is 5.41 Å². The number of rotatable bonds is 5. The van der Waals surface area contributed by atoms with Crippen LogP contribution in [-0.2, 0) is 0 Å². The van der Waals surface area contributed by atoms with Gasteiger partial charge in [-0.15, -0.1) is 0 Å². The maximum atomic E-state index is 7.03. The summed E-state index contributed by atoms with van der Waals surface area (Å²) in [5.41, 5.74) is 6.37. The molecule has 0 saturated carbocycles. The average molecular weight is 224 g/mol. The summed E-state index contributed by atoms with van der Waals surface area (Å²) in [5.74, 6) is 1.77. The van der Waals surface area contributed by atoms with E-state index in [2.05, 4.69) is 0 Å². The highest BCUT2D eigenvalue weighted by atomic mass is 32.2. The van der Waals surface area contributed by atoms with Gasteiger partial charge in [-0.05, 0) is 25.0 Å². The van der Waals surface area contributed by atoms with Gasteiger partial charge < -0.3 is 10.5 Å². The van der Waals surface area contributed by atoms with Crippen molar-refractivity contribution < 1.29 is 4.74 Å². The van der Waals surface area contributed by atoms with E-state index in [0.29, 0.717) is 6.61 Å². The normalized spacial score (nSPS) is 9.93. The zero-order valence-electron chi connectivity index (χ0n) is 8.82. The quantitative estimate of drug-likeness (QED) is 0.458. The summed E-state index contributed by atoms with van der Waals surface area (Å²) in [4.78, 5) is 0. The molecule has 0 aromatic heterocycles. The molecule has 0 spiro atoms. The molecule has 0 aliphatic rings. The fourth-order valence-electron chi connectivity index (χ4n) is 1.14. The van der Waals surface area contributed by atoms with E-state index in [1.165, 1.54) is 11.8 Å². The molecule has 0 amide bonds. The molecule has 0 aliphatic carbocycles. The lowest BCUT2D eigenvalue weighted by atomic mass is 10.2. The van der Waals surface area contributed by atoms with Crippen LogP contribution in [0.2, 0.25) is 0 Å². The number of ether oxygens (including phenoxy) is 1. The second-order valence-corrected chi connectivity index (χ2v) is 4.32. The van der Waals surface area contributed by atoms with Gasteiger partial charge in [-0.3, -0.25) is 5.41 Å². The molecule has 0 unspecified atom stereocenters. The van der Waals surface area contributed by atoms with Crippen molar-refractivity contribution in [3.05, 3.63) is 29.8 Å². The summed E-state index contributed by atoms with van der Waals surface area (Å²) in [6.45, 7) is 2.70. The van der Waals surface area contributed by atoms with Gasteiger partial charge in [0.1, 0.15) is 5.75 Å². The van der Waals surface area contributed by atoms with Gasteiger partial charge in [-0.2, -0.15) is 0 Å². The lowest BCUT2D eigenvalue weighted by Gasteiger charge is -2.07. The number of hydrogen-bond acceptors (Lipinski definition) is 3. The zero-order valence-corrected chi connectivity index (χ0v) is 9.64. The van der Waals surface area contributed by atoms with Gasteiger partial charge in [0.25, 0.3) is 0 Å². The lowest BCUT2D eigenvalue weighted by molar-refractivity contribution is 0.316. The minimum Gasteiger partial charge on any atom is -0.493 e. The van der Waals surface area contributed by atoms with Crippen LogP contribution in [0, 0.1) is 12.3 Å².